The molecule has 0 aliphatic heterocycles. The Labute approximate surface area is 81.2 Å². The summed E-state index contributed by atoms with van der Waals surface area (Å²) in [5.74, 6) is 0. The molecule has 0 amide bonds. The second kappa shape index (κ2) is 6.87. The van der Waals surface area contributed by atoms with E-state index in [4.69, 9.17) is 9.47 Å². The van der Waals surface area contributed by atoms with Gasteiger partial charge in [-0.15, -0.1) is 13.2 Å². The van der Waals surface area contributed by atoms with Crippen molar-refractivity contribution in [2.45, 2.75) is 25.9 Å². The standard InChI is InChI=1S/C11H20O2/c1-5-8-12-10-7-11(3,4)13-9-6-2/h5-6H,1-2,7-10H2,3-4H3. The maximum atomic E-state index is 5.53. The monoisotopic (exact) mass is 184 g/mol. The van der Waals surface area contributed by atoms with Gasteiger partial charge in [-0.3, -0.25) is 0 Å². The van der Waals surface area contributed by atoms with Gasteiger partial charge in [0.15, 0.2) is 0 Å². The van der Waals surface area contributed by atoms with Gasteiger partial charge < -0.3 is 9.47 Å². The molecule has 0 N–H and O–H groups in total. The molecule has 0 radical (unpaired) electrons. The quantitative estimate of drug-likeness (QED) is 0.426. The summed E-state index contributed by atoms with van der Waals surface area (Å²) < 4.78 is 10.8. The summed E-state index contributed by atoms with van der Waals surface area (Å²) >= 11 is 0. The molecule has 0 saturated carbocycles. The van der Waals surface area contributed by atoms with E-state index in [0.29, 0.717) is 19.8 Å². The molecule has 0 bridgehead atoms. The summed E-state index contributed by atoms with van der Waals surface area (Å²) in [6.45, 7) is 13.2. The molecule has 76 valence electrons. The molecule has 0 rings (SSSR count). The Balaban J connectivity index is 3.49. The lowest BCUT2D eigenvalue weighted by Gasteiger charge is -2.24. The Bertz CT molecular complexity index is 150. The van der Waals surface area contributed by atoms with Crippen molar-refractivity contribution in [2.75, 3.05) is 19.8 Å². The Morgan fingerprint density at radius 2 is 1.77 bits per heavy atom. The zero-order valence-corrected chi connectivity index (χ0v) is 8.71. The summed E-state index contributed by atoms with van der Waals surface area (Å²) in [6.07, 6.45) is 4.39. The van der Waals surface area contributed by atoms with Gasteiger partial charge in [-0.25, -0.2) is 0 Å². The second-order valence-corrected chi connectivity index (χ2v) is 3.47. The van der Waals surface area contributed by atoms with Crippen molar-refractivity contribution in [3.05, 3.63) is 25.3 Å². The first-order chi connectivity index (χ1) is 6.12. The molecule has 0 heterocycles. The fraction of sp³-hybridized carbons (Fsp3) is 0.636. The van der Waals surface area contributed by atoms with Crippen LogP contribution < -0.4 is 0 Å². The first kappa shape index (κ1) is 12.4. The Morgan fingerprint density at radius 1 is 1.15 bits per heavy atom. The van der Waals surface area contributed by atoms with E-state index in [1.165, 1.54) is 0 Å². The first-order valence-electron chi connectivity index (χ1n) is 4.56. The highest BCUT2D eigenvalue weighted by molar-refractivity contribution is 4.73. The summed E-state index contributed by atoms with van der Waals surface area (Å²) in [6, 6.07) is 0. The number of ether oxygens (including phenoxy) is 2. The molecule has 0 saturated heterocycles. The van der Waals surface area contributed by atoms with E-state index in [2.05, 4.69) is 13.2 Å². The summed E-state index contributed by atoms with van der Waals surface area (Å²) in [5.41, 5.74) is -0.130. The first-order valence-corrected chi connectivity index (χ1v) is 4.56. The Kier molecular flexibility index (Phi) is 6.55. The third kappa shape index (κ3) is 7.75. The van der Waals surface area contributed by atoms with Gasteiger partial charge in [0, 0.05) is 6.61 Å². The predicted octanol–water partition coefficient (Wildman–Crippen LogP) is 2.56. The van der Waals surface area contributed by atoms with Crippen LogP contribution >= 0.6 is 0 Å². The van der Waals surface area contributed by atoms with Gasteiger partial charge in [-0.2, -0.15) is 0 Å². The van der Waals surface area contributed by atoms with Crippen molar-refractivity contribution >= 4 is 0 Å². The van der Waals surface area contributed by atoms with Crippen molar-refractivity contribution in [2.24, 2.45) is 0 Å². The molecule has 0 spiro atoms. The normalized spacial score (nSPS) is 11.2. The summed E-state index contributed by atoms with van der Waals surface area (Å²) in [5, 5.41) is 0. The highest BCUT2D eigenvalue weighted by Gasteiger charge is 2.16. The third-order valence-electron chi connectivity index (χ3n) is 1.68. The zero-order chi connectivity index (χ0) is 10.2. The van der Waals surface area contributed by atoms with E-state index in [-0.39, 0.29) is 5.60 Å². The van der Waals surface area contributed by atoms with Crippen LogP contribution in [0.2, 0.25) is 0 Å². The number of hydrogen-bond acceptors (Lipinski definition) is 2. The van der Waals surface area contributed by atoms with E-state index in [1.54, 1.807) is 12.2 Å². The molecular formula is C11H20O2. The molecule has 0 fully saturated rings. The predicted molar refractivity (Wildman–Crippen MR) is 55.9 cm³/mol. The minimum absolute atomic E-state index is 0.130. The minimum Gasteiger partial charge on any atom is -0.377 e. The van der Waals surface area contributed by atoms with E-state index >= 15 is 0 Å². The average molecular weight is 184 g/mol. The van der Waals surface area contributed by atoms with Crippen molar-refractivity contribution in [1.29, 1.82) is 0 Å². The minimum atomic E-state index is -0.130. The van der Waals surface area contributed by atoms with E-state index in [9.17, 15) is 0 Å². The van der Waals surface area contributed by atoms with E-state index < -0.39 is 0 Å². The molecule has 0 aliphatic rings. The molecule has 0 unspecified atom stereocenters. The Hall–Kier alpha value is -0.600. The van der Waals surface area contributed by atoms with Crippen LogP contribution in [-0.2, 0) is 9.47 Å². The molecule has 0 aromatic carbocycles. The van der Waals surface area contributed by atoms with Crippen molar-refractivity contribution in [1.82, 2.24) is 0 Å². The lowest BCUT2D eigenvalue weighted by Crippen LogP contribution is -2.26. The SMILES string of the molecule is C=CCOCCC(C)(C)OCC=C. The van der Waals surface area contributed by atoms with Crippen LogP contribution in [-0.4, -0.2) is 25.4 Å². The molecule has 2 heteroatoms. The van der Waals surface area contributed by atoms with Gasteiger partial charge in [0.2, 0.25) is 0 Å². The summed E-state index contributed by atoms with van der Waals surface area (Å²) in [7, 11) is 0. The van der Waals surface area contributed by atoms with E-state index in [0.717, 1.165) is 6.42 Å². The Morgan fingerprint density at radius 3 is 2.31 bits per heavy atom. The molecule has 0 atom stereocenters. The summed E-state index contributed by atoms with van der Waals surface area (Å²) in [4.78, 5) is 0. The molecule has 0 aromatic rings. The van der Waals surface area contributed by atoms with Crippen LogP contribution in [0.25, 0.3) is 0 Å². The highest BCUT2D eigenvalue weighted by atomic mass is 16.5. The van der Waals surface area contributed by atoms with Gasteiger partial charge in [0.05, 0.1) is 18.8 Å². The maximum absolute atomic E-state index is 5.53. The van der Waals surface area contributed by atoms with Crippen LogP contribution in [0, 0.1) is 0 Å². The lowest BCUT2D eigenvalue weighted by atomic mass is 10.1. The zero-order valence-electron chi connectivity index (χ0n) is 8.71. The number of rotatable bonds is 8. The lowest BCUT2D eigenvalue weighted by molar-refractivity contribution is -0.0250. The third-order valence-corrected chi connectivity index (χ3v) is 1.68. The van der Waals surface area contributed by atoms with Crippen LogP contribution in [0.1, 0.15) is 20.3 Å². The fourth-order valence-corrected chi connectivity index (χ4v) is 0.841. The van der Waals surface area contributed by atoms with E-state index in [1.807, 2.05) is 13.8 Å². The molecule has 0 aliphatic carbocycles. The highest BCUT2D eigenvalue weighted by Crippen LogP contribution is 2.13. The second-order valence-electron chi connectivity index (χ2n) is 3.47. The van der Waals surface area contributed by atoms with Gasteiger partial charge in [0.1, 0.15) is 0 Å². The van der Waals surface area contributed by atoms with Crippen LogP contribution in [0.4, 0.5) is 0 Å². The molecule has 13 heavy (non-hydrogen) atoms. The molecule has 2 nitrogen and oxygen atoms in total. The van der Waals surface area contributed by atoms with Crippen molar-refractivity contribution in [3.63, 3.8) is 0 Å². The van der Waals surface area contributed by atoms with Crippen LogP contribution in [0.5, 0.6) is 0 Å². The van der Waals surface area contributed by atoms with Crippen molar-refractivity contribution < 1.29 is 9.47 Å². The smallest absolute Gasteiger partial charge is 0.0652 e. The van der Waals surface area contributed by atoms with Crippen LogP contribution in [0.3, 0.4) is 0 Å². The van der Waals surface area contributed by atoms with Gasteiger partial charge in [-0.05, 0) is 20.3 Å². The molecular weight excluding hydrogens is 164 g/mol. The maximum Gasteiger partial charge on any atom is 0.0652 e. The van der Waals surface area contributed by atoms with Gasteiger partial charge >= 0.3 is 0 Å². The average Bonchev–Trinajstić information content (AvgIpc) is 2.09. The van der Waals surface area contributed by atoms with Gasteiger partial charge in [0.25, 0.3) is 0 Å². The largest absolute Gasteiger partial charge is 0.377 e. The fourth-order valence-electron chi connectivity index (χ4n) is 0.841. The number of hydrogen-bond donors (Lipinski definition) is 0. The van der Waals surface area contributed by atoms with Gasteiger partial charge in [-0.1, -0.05) is 12.2 Å². The topological polar surface area (TPSA) is 18.5 Å². The van der Waals surface area contributed by atoms with Crippen LogP contribution in [0.15, 0.2) is 25.3 Å². The van der Waals surface area contributed by atoms with Crippen molar-refractivity contribution in [3.8, 4) is 0 Å². The molecule has 0 aromatic heterocycles.